The number of hydrogen-bond donors (Lipinski definition) is 3. The third-order valence-corrected chi connectivity index (χ3v) is 7.90. The first-order valence-corrected chi connectivity index (χ1v) is 14.2. The van der Waals surface area contributed by atoms with Gasteiger partial charge in [0, 0.05) is 49.0 Å². The molecule has 0 radical (unpaired) electrons. The maximum absolute atomic E-state index is 13.4. The Morgan fingerprint density at radius 2 is 1.95 bits per heavy atom. The van der Waals surface area contributed by atoms with Gasteiger partial charge in [-0.25, -0.2) is 14.6 Å². The molecule has 0 spiro atoms. The number of nitrogens with one attached hydrogen (secondary N) is 2. The quantitative estimate of drug-likeness (QED) is 0.358. The number of carbonyl (C=O) groups is 3. The average molecular weight is 573 g/mol. The topological polar surface area (TPSA) is 130 Å². The highest BCUT2D eigenvalue weighted by Gasteiger charge is 2.60. The number of nitrogens with zero attached hydrogens (tertiary/aromatic N) is 2. The molecule has 220 valence electrons. The predicted molar refractivity (Wildman–Crippen MR) is 158 cm³/mol. The van der Waals surface area contributed by atoms with E-state index in [0.29, 0.717) is 35.7 Å². The van der Waals surface area contributed by atoms with Crippen LogP contribution in [0.2, 0.25) is 0 Å². The number of aliphatic carboxylic acids is 1. The minimum atomic E-state index is -1.36. The van der Waals surface area contributed by atoms with Crippen LogP contribution in [0, 0.1) is 5.92 Å². The molecule has 42 heavy (non-hydrogen) atoms. The highest BCUT2D eigenvalue weighted by Crippen LogP contribution is 2.45. The van der Waals surface area contributed by atoms with Gasteiger partial charge in [0.05, 0.1) is 24.9 Å². The lowest BCUT2D eigenvalue weighted by atomic mass is 10.1. The van der Waals surface area contributed by atoms with Gasteiger partial charge in [0.1, 0.15) is 23.1 Å². The molecule has 0 unspecified atom stereocenters. The van der Waals surface area contributed by atoms with Crippen molar-refractivity contribution < 1.29 is 29.0 Å². The summed E-state index contributed by atoms with van der Waals surface area (Å²) in [6.07, 6.45) is 6.76. The van der Waals surface area contributed by atoms with E-state index in [-0.39, 0.29) is 18.9 Å². The van der Waals surface area contributed by atoms with Crippen molar-refractivity contribution in [3.05, 3.63) is 66.7 Å². The van der Waals surface area contributed by atoms with Crippen LogP contribution in [0.5, 0.6) is 11.5 Å². The Morgan fingerprint density at radius 3 is 2.71 bits per heavy atom. The lowest BCUT2D eigenvalue weighted by Gasteiger charge is -2.25. The maximum atomic E-state index is 13.4. The monoisotopic (exact) mass is 572 g/mol. The minimum absolute atomic E-state index is 0.0882. The first-order chi connectivity index (χ1) is 20.3. The lowest BCUT2D eigenvalue weighted by molar-refractivity contribution is -0.143. The Kier molecular flexibility index (Phi) is 8.61. The van der Waals surface area contributed by atoms with Crippen LogP contribution < -0.4 is 20.1 Å². The first-order valence-electron chi connectivity index (χ1n) is 14.2. The second kappa shape index (κ2) is 12.5. The number of amides is 3. The van der Waals surface area contributed by atoms with Gasteiger partial charge >= 0.3 is 12.0 Å². The summed E-state index contributed by atoms with van der Waals surface area (Å²) >= 11 is 0. The van der Waals surface area contributed by atoms with Crippen LogP contribution in [0.4, 0.5) is 4.79 Å². The molecule has 0 bridgehead atoms. The largest absolute Gasteiger partial charge is 0.497 e. The number of aromatic nitrogens is 1. The van der Waals surface area contributed by atoms with Crippen molar-refractivity contribution in [3.8, 4) is 22.8 Å². The number of urea groups is 1. The van der Waals surface area contributed by atoms with E-state index in [4.69, 9.17) is 14.5 Å². The number of carboxylic acid groups (broad SMARTS) is 1. The summed E-state index contributed by atoms with van der Waals surface area (Å²) in [5.41, 5.74) is 0.957. The molecule has 1 saturated carbocycles. The van der Waals surface area contributed by atoms with E-state index in [1.807, 2.05) is 66.7 Å². The zero-order valence-corrected chi connectivity index (χ0v) is 23.8. The van der Waals surface area contributed by atoms with E-state index in [9.17, 15) is 19.5 Å². The van der Waals surface area contributed by atoms with Crippen molar-refractivity contribution >= 4 is 28.8 Å². The smallest absolute Gasteiger partial charge is 0.330 e. The number of methoxy groups -OCH3 is 1. The number of hydrogen-bond acceptors (Lipinski definition) is 6. The summed E-state index contributed by atoms with van der Waals surface area (Å²) in [6, 6.07) is 15.7. The molecule has 2 aliphatic rings. The average Bonchev–Trinajstić information content (AvgIpc) is 3.71. The molecule has 10 nitrogen and oxygen atoms in total. The molecule has 3 aromatic rings. The van der Waals surface area contributed by atoms with Crippen molar-refractivity contribution in [1.29, 1.82) is 0 Å². The van der Waals surface area contributed by atoms with Gasteiger partial charge in [-0.1, -0.05) is 42.5 Å². The van der Waals surface area contributed by atoms with Crippen molar-refractivity contribution in [1.82, 2.24) is 20.5 Å². The van der Waals surface area contributed by atoms with Gasteiger partial charge in [-0.05, 0) is 37.8 Å². The summed E-state index contributed by atoms with van der Waals surface area (Å²) < 4.78 is 11.6. The van der Waals surface area contributed by atoms with Gasteiger partial charge in [-0.2, -0.15) is 0 Å². The van der Waals surface area contributed by atoms with Crippen LogP contribution in [0.3, 0.4) is 0 Å². The number of carboxylic acids is 1. The summed E-state index contributed by atoms with van der Waals surface area (Å²) in [7, 11) is 3.28. The van der Waals surface area contributed by atoms with E-state index >= 15 is 0 Å². The molecule has 2 heterocycles. The van der Waals surface area contributed by atoms with Crippen LogP contribution in [-0.2, 0) is 9.59 Å². The molecule has 1 fully saturated rings. The first kappa shape index (κ1) is 28.9. The fraction of sp³-hybridized carbons (Fsp3) is 0.375. The Bertz CT molecular complexity index is 1490. The standard InChI is InChI=1S/C32H36N4O6/c1-36-16-9-4-3-8-12-22-20-32(22,30(38)39)35-29(37)25(34-31(36)40)15-17-42-28-19-26(21-10-6-5-7-11-21)33-27-18-23(41-2)13-14-24(27)28/h5-8,10-14,18-19,22,25H,3-4,9,15-17,20H2,1-2H3,(H,34,40)(H,35,37)(H,38,39)/b12-8-/t22-,25+,32-/m1/s1. The molecular weight excluding hydrogens is 536 g/mol. The van der Waals surface area contributed by atoms with E-state index in [0.717, 1.165) is 30.2 Å². The fourth-order valence-electron chi connectivity index (χ4n) is 5.24. The lowest BCUT2D eigenvalue weighted by Crippen LogP contribution is -2.55. The Hall–Kier alpha value is -4.60. The number of rotatable bonds is 7. The van der Waals surface area contributed by atoms with Crippen LogP contribution >= 0.6 is 0 Å². The molecular formula is C32H36N4O6. The third-order valence-electron chi connectivity index (χ3n) is 7.90. The predicted octanol–water partition coefficient (Wildman–Crippen LogP) is 4.39. The zero-order valence-electron chi connectivity index (χ0n) is 23.8. The normalized spacial score (nSPS) is 23.6. The van der Waals surface area contributed by atoms with Crippen molar-refractivity contribution in [3.63, 3.8) is 0 Å². The van der Waals surface area contributed by atoms with Gasteiger partial charge in [0.15, 0.2) is 0 Å². The fourth-order valence-corrected chi connectivity index (χ4v) is 5.24. The van der Waals surface area contributed by atoms with E-state index in [1.165, 1.54) is 0 Å². The number of allylic oxidation sites excluding steroid dienone is 1. The van der Waals surface area contributed by atoms with Gasteiger partial charge < -0.3 is 30.1 Å². The number of carbonyl (C=O) groups excluding carboxylic acids is 2. The third kappa shape index (κ3) is 6.32. The maximum Gasteiger partial charge on any atom is 0.330 e. The molecule has 3 atom stereocenters. The molecule has 3 amide bonds. The Balaban J connectivity index is 1.38. The highest BCUT2D eigenvalue weighted by molar-refractivity contribution is 5.94. The highest BCUT2D eigenvalue weighted by atomic mass is 16.5. The molecule has 3 N–H and O–H groups in total. The molecule has 0 saturated heterocycles. The molecule has 10 heteroatoms. The summed E-state index contributed by atoms with van der Waals surface area (Å²) in [5, 5.41) is 16.2. The van der Waals surface area contributed by atoms with Gasteiger partial charge in [-0.3, -0.25) is 4.79 Å². The molecule has 1 aliphatic carbocycles. The van der Waals surface area contributed by atoms with Crippen molar-refractivity contribution in [2.24, 2.45) is 5.92 Å². The van der Waals surface area contributed by atoms with Crippen molar-refractivity contribution in [2.75, 3.05) is 27.3 Å². The molecule has 1 aliphatic heterocycles. The summed E-state index contributed by atoms with van der Waals surface area (Å²) in [5.74, 6) is -0.683. The Labute approximate surface area is 244 Å². The van der Waals surface area contributed by atoms with Gasteiger partial charge in [0.2, 0.25) is 5.91 Å². The summed E-state index contributed by atoms with van der Waals surface area (Å²) in [4.78, 5) is 44.9. The van der Waals surface area contributed by atoms with E-state index in [1.54, 1.807) is 19.1 Å². The molecule has 2 aromatic carbocycles. The van der Waals surface area contributed by atoms with Crippen molar-refractivity contribution in [2.45, 2.75) is 43.7 Å². The number of pyridine rings is 1. The number of ether oxygens (including phenoxy) is 2. The van der Waals surface area contributed by atoms with Crippen LogP contribution in [-0.4, -0.2) is 71.8 Å². The number of fused-ring (bicyclic) bond motifs is 2. The summed E-state index contributed by atoms with van der Waals surface area (Å²) in [6.45, 7) is 0.632. The van der Waals surface area contributed by atoms with Crippen LogP contribution in [0.25, 0.3) is 22.2 Å². The van der Waals surface area contributed by atoms with E-state index < -0.39 is 29.5 Å². The SMILES string of the molecule is COc1ccc2c(OCC[C@@H]3NC(=O)N(C)CCCC/C=C\[C@@H]4C[C@@]4(C(=O)O)NC3=O)cc(-c3ccccc3)nc2c1. The van der Waals surface area contributed by atoms with Gasteiger partial charge in [0.25, 0.3) is 0 Å². The Morgan fingerprint density at radius 1 is 1.14 bits per heavy atom. The second-order valence-corrected chi connectivity index (χ2v) is 10.8. The number of benzene rings is 2. The zero-order chi connectivity index (χ0) is 29.7. The molecule has 5 rings (SSSR count). The van der Waals surface area contributed by atoms with E-state index in [2.05, 4.69) is 10.6 Å². The van der Waals surface area contributed by atoms with Crippen LogP contribution in [0.1, 0.15) is 32.1 Å². The van der Waals surface area contributed by atoms with Gasteiger partial charge in [-0.15, -0.1) is 0 Å². The minimum Gasteiger partial charge on any atom is -0.497 e. The molecule has 1 aromatic heterocycles. The second-order valence-electron chi connectivity index (χ2n) is 10.8. The van der Waals surface area contributed by atoms with Crippen LogP contribution in [0.15, 0.2) is 66.7 Å².